The molecule has 1 aromatic rings. The fraction of sp³-hybridized carbons (Fsp3) is 0.625. The highest BCUT2D eigenvalue weighted by molar-refractivity contribution is 4.94. The van der Waals surface area contributed by atoms with Gasteiger partial charge in [-0.1, -0.05) is 7.43 Å². The summed E-state index contributed by atoms with van der Waals surface area (Å²) >= 11 is 0. The smallest absolute Gasteiger partial charge is 0.108 e. The fourth-order valence-electron chi connectivity index (χ4n) is 1.34. The molecule has 0 fully saturated rings. The van der Waals surface area contributed by atoms with Crippen molar-refractivity contribution < 1.29 is 0 Å². The highest BCUT2D eigenvalue weighted by Gasteiger charge is 2.06. The van der Waals surface area contributed by atoms with E-state index in [0.29, 0.717) is 0 Å². The lowest BCUT2D eigenvalue weighted by atomic mass is 10.2. The van der Waals surface area contributed by atoms with Gasteiger partial charge in [-0.2, -0.15) is 0 Å². The van der Waals surface area contributed by atoms with Gasteiger partial charge in [-0.3, -0.25) is 0 Å². The zero-order valence-electron chi connectivity index (χ0n) is 5.38. The lowest BCUT2D eigenvalue weighted by Gasteiger charge is -2.11. The first-order chi connectivity index (χ1) is 4.47. The Bertz CT molecular complexity index is 182. The molecule has 0 saturated carbocycles. The van der Waals surface area contributed by atoms with Crippen molar-refractivity contribution in [2.45, 2.75) is 33.2 Å². The zero-order chi connectivity index (χ0) is 6.10. The van der Waals surface area contributed by atoms with E-state index in [9.17, 15) is 0 Å². The molecule has 0 unspecified atom stereocenters. The second-order valence-corrected chi connectivity index (χ2v) is 2.49. The number of fused-ring (bicyclic) bond motifs is 1. The Hall–Kier alpha value is -0.790. The van der Waals surface area contributed by atoms with Gasteiger partial charge in [0.15, 0.2) is 0 Å². The summed E-state index contributed by atoms with van der Waals surface area (Å²) in [7, 11) is 0. The Morgan fingerprint density at radius 3 is 3.10 bits per heavy atom. The van der Waals surface area contributed by atoms with Crippen molar-refractivity contribution in [1.29, 1.82) is 0 Å². The predicted molar refractivity (Wildman–Crippen MR) is 41.9 cm³/mol. The third kappa shape index (κ3) is 1.06. The van der Waals surface area contributed by atoms with Gasteiger partial charge in [0.1, 0.15) is 5.82 Å². The van der Waals surface area contributed by atoms with Crippen molar-refractivity contribution in [1.82, 2.24) is 9.55 Å². The molecule has 2 nitrogen and oxygen atoms in total. The normalized spacial score (nSPS) is 15.6. The van der Waals surface area contributed by atoms with Crippen LogP contribution >= 0.6 is 0 Å². The third-order valence-electron chi connectivity index (χ3n) is 1.85. The van der Waals surface area contributed by atoms with Gasteiger partial charge >= 0.3 is 0 Å². The maximum absolute atomic E-state index is 4.22. The van der Waals surface area contributed by atoms with E-state index < -0.39 is 0 Å². The number of hydrogen-bond acceptors (Lipinski definition) is 1. The van der Waals surface area contributed by atoms with Gasteiger partial charge in [-0.25, -0.2) is 4.98 Å². The molecule has 10 heavy (non-hydrogen) atoms. The summed E-state index contributed by atoms with van der Waals surface area (Å²) in [4.78, 5) is 4.22. The van der Waals surface area contributed by atoms with E-state index in [1.165, 1.54) is 31.6 Å². The molecule has 0 bridgehead atoms. The average molecular weight is 138 g/mol. The van der Waals surface area contributed by atoms with E-state index in [4.69, 9.17) is 0 Å². The Balaban J connectivity index is 0.000000500. The Morgan fingerprint density at radius 1 is 1.40 bits per heavy atom. The van der Waals surface area contributed by atoms with Gasteiger partial charge in [-0.05, 0) is 12.8 Å². The number of aromatic nitrogens is 2. The number of rotatable bonds is 0. The van der Waals surface area contributed by atoms with Crippen molar-refractivity contribution >= 4 is 0 Å². The first kappa shape index (κ1) is 7.32. The molecule has 2 heteroatoms. The molecule has 0 saturated heterocycles. The molecule has 2 heterocycles. The minimum absolute atomic E-state index is 0. The van der Waals surface area contributed by atoms with Crippen molar-refractivity contribution in [2.75, 3.05) is 0 Å². The van der Waals surface area contributed by atoms with Crippen molar-refractivity contribution in [3.63, 3.8) is 0 Å². The molecule has 1 aliphatic rings. The molecule has 56 valence electrons. The summed E-state index contributed by atoms with van der Waals surface area (Å²) in [5.74, 6) is 1.27. The van der Waals surface area contributed by atoms with Crippen LogP contribution in [-0.4, -0.2) is 9.55 Å². The van der Waals surface area contributed by atoms with E-state index in [0.717, 1.165) is 0 Å². The second kappa shape index (κ2) is 2.86. The topological polar surface area (TPSA) is 17.8 Å². The molecule has 1 aliphatic heterocycles. The Labute approximate surface area is 61.9 Å². The van der Waals surface area contributed by atoms with Crippen LogP contribution in [0.5, 0.6) is 0 Å². The van der Waals surface area contributed by atoms with Gasteiger partial charge in [0.25, 0.3) is 0 Å². The quantitative estimate of drug-likeness (QED) is 0.535. The average Bonchev–Trinajstić information content (AvgIpc) is 2.33. The van der Waals surface area contributed by atoms with Crippen LogP contribution in [0, 0.1) is 0 Å². The molecule has 0 amide bonds. The maximum Gasteiger partial charge on any atom is 0.108 e. The monoisotopic (exact) mass is 138 g/mol. The van der Waals surface area contributed by atoms with Crippen LogP contribution in [0.1, 0.15) is 26.1 Å². The molecule has 0 atom stereocenters. The van der Waals surface area contributed by atoms with E-state index in [2.05, 4.69) is 15.7 Å². The van der Waals surface area contributed by atoms with Crippen LogP contribution in [0.15, 0.2) is 12.4 Å². The maximum atomic E-state index is 4.22. The largest absolute Gasteiger partial charge is 0.335 e. The first-order valence-corrected chi connectivity index (χ1v) is 3.47. The number of nitrogens with zero attached hydrogens (tertiary/aromatic N) is 2. The lowest BCUT2D eigenvalue weighted by molar-refractivity contribution is 0.522. The molecule has 0 aromatic carbocycles. The standard InChI is InChI=1S/C7H10N2.CH4/c1-2-5-9-6-4-8-7(9)3-1;/h4,6H,1-3,5H2;1H4. The summed E-state index contributed by atoms with van der Waals surface area (Å²) in [6.45, 7) is 1.18. The van der Waals surface area contributed by atoms with Gasteiger partial charge in [0.2, 0.25) is 0 Å². The predicted octanol–water partition coefficient (Wildman–Crippen LogP) is 1.86. The molecule has 1 aromatic heterocycles. The van der Waals surface area contributed by atoms with Crippen molar-refractivity contribution in [2.24, 2.45) is 0 Å². The van der Waals surface area contributed by atoms with E-state index in [1.54, 1.807) is 0 Å². The molecular formula is C8H14N2. The highest BCUT2D eigenvalue weighted by atomic mass is 15.1. The Morgan fingerprint density at radius 2 is 2.30 bits per heavy atom. The minimum atomic E-state index is 0. The molecular weight excluding hydrogens is 124 g/mol. The van der Waals surface area contributed by atoms with Crippen LogP contribution in [0.4, 0.5) is 0 Å². The minimum Gasteiger partial charge on any atom is -0.335 e. The van der Waals surface area contributed by atoms with Gasteiger partial charge in [0, 0.05) is 25.4 Å². The zero-order valence-corrected chi connectivity index (χ0v) is 5.38. The van der Waals surface area contributed by atoms with Gasteiger partial charge < -0.3 is 4.57 Å². The molecule has 0 N–H and O–H groups in total. The summed E-state index contributed by atoms with van der Waals surface area (Å²) in [5.41, 5.74) is 0. The Kier molecular flexibility index (Phi) is 2.10. The van der Waals surface area contributed by atoms with Crippen LogP contribution in [0.25, 0.3) is 0 Å². The summed E-state index contributed by atoms with van der Waals surface area (Å²) in [6.07, 6.45) is 7.77. The van der Waals surface area contributed by atoms with E-state index in [-0.39, 0.29) is 7.43 Å². The molecule has 0 radical (unpaired) electrons. The summed E-state index contributed by atoms with van der Waals surface area (Å²) < 4.78 is 2.24. The van der Waals surface area contributed by atoms with Gasteiger partial charge in [-0.15, -0.1) is 0 Å². The van der Waals surface area contributed by atoms with Gasteiger partial charge in [0.05, 0.1) is 0 Å². The van der Waals surface area contributed by atoms with Crippen LogP contribution in [-0.2, 0) is 13.0 Å². The fourth-order valence-corrected chi connectivity index (χ4v) is 1.34. The second-order valence-electron chi connectivity index (χ2n) is 2.49. The number of hydrogen-bond donors (Lipinski definition) is 0. The third-order valence-corrected chi connectivity index (χ3v) is 1.85. The first-order valence-electron chi connectivity index (χ1n) is 3.47. The van der Waals surface area contributed by atoms with Crippen molar-refractivity contribution in [3.8, 4) is 0 Å². The summed E-state index contributed by atoms with van der Waals surface area (Å²) in [5, 5.41) is 0. The van der Waals surface area contributed by atoms with Crippen LogP contribution < -0.4 is 0 Å². The van der Waals surface area contributed by atoms with Crippen LogP contribution in [0.3, 0.4) is 0 Å². The van der Waals surface area contributed by atoms with Crippen LogP contribution in [0.2, 0.25) is 0 Å². The lowest BCUT2D eigenvalue weighted by Crippen LogP contribution is -2.08. The highest BCUT2D eigenvalue weighted by Crippen LogP contribution is 2.10. The molecule has 2 rings (SSSR count). The van der Waals surface area contributed by atoms with E-state index in [1.807, 2.05) is 6.20 Å². The van der Waals surface area contributed by atoms with E-state index >= 15 is 0 Å². The van der Waals surface area contributed by atoms with Crippen molar-refractivity contribution in [3.05, 3.63) is 18.2 Å². The SMILES string of the molecule is C.c1cn2c(n1)CCCC2. The number of imidazole rings is 1. The molecule has 0 aliphatic carbocycles. The number of aryl methyl sites for hydroxylation is 2. The summed E-state index contributed by atoms with van der Waals surface area (Å²) in [6, 6.07) is 0. The molecule has 0 spiro atoms.